The molecule has 0 saturated carbocycles. The Kier molecular flexibility index (Phi) is 5.03. The van der Waals surface area contributed by atoms with E-state index in [4.69, 9.17) is 15.2 Å². The van der Waals surface area contributed by atoms with Gasteiger partial charge in [0, 0.05) is 31.5 Å². The van der Waals surface area contributed by atoms with Gasteiger partial charge in [-0.3, -0.25) is 4.79 Å². The van der Waals surface area contributed by atoms with Gasteiger partial charge in [-0.2, -0.15) is 0 Å². The molecule has 0 spiro atoms. The highest BCUT2D eigenvalue weighted by Crippen LogP contribution is 2.14. The number of benzene rings is 1. The van der Waals surface area contributed by atoms with Crippen LogP contribution in [0, 0.1) is 0 Å². The molecule has 0 aromatic heterocycles. The van der Waals surface area contributed by atoms with Gasteiger partial charge in [-0.05, 0) is 18.6 Å². The number of rotatable bonds is 4. The number of anilines is 1. The SMILES string of the molecule is Nc1cccc(OCCC(=O)N2CCCOCC2)c1. The van der Waals surface area contributed by atoms with E-state index in [-0.39, 0.29) is 5.91 Å². The van der Waals surface area contributed by atoms with Gasteiger partial charge in [0.25, 0.3) is 0 Å². The van der Waals surface area contributed by atoms with Crippen LogP contribution in [-0.4, -0.2) is 43.7 Å². The minimum atomic E-state index is 0.120. The first-order valence-electron chi connectivity index (χ1n) is 6.59. The Morgan fingerprint density at radius 3 is 3.11 bits per heavy atom. The van der Waals surface area contributed by atoms with Crippen LogP contribution >= 0.6 is 0 Å². The zero-order valence-electron chi connectivity index (χ0n) is 11.0. The Hall–Kier alpha value is -1.75. The van der Waals surface area contributed by atoms with Gasteiger partial charge in [0.1, 0.15) is 5.75 Å². The maximum Gasteiger partial charge on any atom is 0.226 e. The van der Waals surface area contributed by atoms with Crippen molar-refractivity contribution in [3.8, 4) is 5.75 Å². The van der Waals surface area contributed by atoms with Crippen LogP contribution in [0.2, 0.25) is 0 Å². The smallest absolute Gasteiger partial charge is 0.226 e. The molecule has 19 heavy (non-hydrogen) atoms. The summed E-state index contributed by atoms with van der Waals surface area (Å²) in [5, 5.41) is 0. The van der Waals surface area contributed by atoms with E-state index in [0.29, 0.717) is 37.6 Å². The van der Waals surface area contributed by atoms with Crippen molar-refractivity contribution >= 4 is 11.6 Å². The summed E-state index contributed by atoms with van der Waals surface area (Å²) < 4.78 is 10.8. The van der Waals surface area contributed by atoms with Gasteiger partial charge < -0.3 is 20.1 Å². The Labute approximate surface area is 113 Å². The molecular weight excluding hydrogens is 244 g/mol. The number of hydrogen-bond acceptors (Lipinski definition) is 4. The molecule has 1 aromatic rings. The summed E-state index contributed by atoms with van der Waals surface area (Å²) in [5.74, 6) is 0.821. The molecule has 2 N–H and O–H groups in total. The number of carbonyl (C=O) groups is 1. The molecule has 2 rings (SSSR count). The van der Waals surface area contributed by atoms with Crippen molar-refractivity contribution in [2.24, 2.45) is 0 Å². The van der Waals surface area contributed by atoms with Gasteiger partial charge in [-0.25, -0.2) is 0 Å². The molecule has 5 nitrogen and oxygen atoms in total. The van der Waals surface area contributed by atoms with Crippen LogP contribution in [0.4, 0.5) is 5.69 Å². The summed E-state index contributed by atoms with van der Waals surface area (Å²) in [6.45, 7) is 3.19. The van der Waals surface area contributed by atoms with E-state index in [1.807, 2.05) is 17.0 Å². The number of hydrogen-bond donors (Lipinski definition) is 1. The number of amides is 1. The van der Waals surface area contributed by atoms with Gasteiger partial charge in [-0.15, -0.1) is 0 Å². The second-order valence-corrected chi connectivity index (χ2v) is 4.52. The quantitative estimate of drug-likeness (QED) is 0.832. The van der Waals surface area contributed by atoms with Crippen LogP contribution in [0.15, 0.2) is 24.3 Å². The fraction of sp³-hybridized carbons (Fsp3) is 0.500. The van der Waals surface area contributed by atoms with Crippen molar-refractivity contribution < 1.29 is 14.3 Å². The van der Waals surface area contributed by atoms with E-state index in [2.05, 4.69) is 0 Å². The number of nitrogens with two attached hydrogens (primary N) is 1. The molecule has 1 saturated heterocycles. The van der Waals surface area contributed by atoms with Crippen molar-refractivity contribution in [1.29, 1.82) is 0 Å². The van der Waals surface area contributed by atoms with Crippen LogP contribution in [0.25, 0.3) is 0 Å². The molecule has 0 bridgehead atoms. The number of carbonyl (C=O) groups excluding carboxylic acids is 1. The molecule has 104 valence electrons. The first-order chi connectivity index (χ1) is 9.25. The van der Waals surface area contributed by atoms with Gasteiger partial charge in [-0.1, -0.05) is 6.07 Å². The number of ether oxygens (including phenoxy) is 2. The Balaban J connectivity index is 1.74. The molecule has 1 heterocycles. The molecule has 0 radical (unpaired) electrons. The topological polar surface area (TPSA) is 64.8 Å². The zero-order chi connectivity index (χ0) is 13.5. The van der Waals surface area contributed by atoms with Crippen LogP contribution < -0.4 is 10.5 Å². The molecule has 1 fully saturated rings. The van der Waals surface area contributed by atoms with Gasteiger partial charge in [0.2, 0.25) is 5.91 Å². The third-order valence-electron chi connectivity index (χ3n) is 3.02. The summed E-state index contributed by atoms with van der Waals surface area (Å²) >= 11 is 0. The molecule has 0 atom stereocenters. The van der Waals surface area contributed by atoms with Crippen molar-refractivity contribution in [2.45, 2.75) is 12.8 Å². The summed E-state index contributed by atoms with van der Waals surface area (Å²) in [5.41, 5.74) is 6.32. The molecular formula is C14H20N2O3. The van der Waals surface area contributed by atoms with Gasteiger partial charge >= 0.3 is 0 Å². The maximum absolute atomic E-state index is 12.0. The van der Waals surface area contributed by atoms with Crippen molar-refractivity contribution in [2.75, 3.05) is 38.6 Å². The lowest BCUT2D eigenvalue weighted by atomic mass is 10.3. The minimum Gasteiger partial charge on any atom is -0.493 e. The van der Waals surface area contributed by atoms with Gasteiger partial charge in [0.05, 0.1) is 19.6 Å². The zero-order valence-corrected chi connectivity index (χ0v) is 11.0. The molecule has 1 aliphatic rings. The molecule has 0 aliphatic carbocycles. The lowest BCUT2D eigenvalue weighted by Crippen LogP contribution is -2.34. The summed E-state index contributed by atoms with van der Waals surface area (Å²) in [6, 6.07) is 7.22. The minimum absolute atomic E-state index is 0.120. The Morgan fingerprint density at radius 1 is 1.37 bits per heavy atom. The number of nitrogen functional groups attached to an aromatic ring is 1. The summed E-state index contributed by atoms with van der Waals surface area (Å²) in [4.78, 5) is 13.8. The van der Waals surface area contributed by atoms with Crippen LogP contribution in [-0.2, 0) is 9.53 Å². The average Bonchev–Trinajstić information content (AvgIpc) is 2.67. The molecule has 1 amide bonds. The lowest BCUT2D eigenvalue weighted by molar-refractivity contribution is -0.131. The fourth-order valence-corrected chi connectivity index (χ4v) is 2.01. The molecule has 1 aliphatic heterocycles. The third kappa shape index (κ3) is 4.44. The first-order valence-corrected chi connectivity index (χ1v) is 6.59. The molecule has 5 heteroatoms. The van der Waals surface area contributed by atoms with Gasteiger partial charge in [0.15, 0.2) is 0 Å². The average molecular weight is 264 g/mol. The second kappa shape index (κ2) is 6.99. The highest BCUT2D eigenvalue weighted by atomic mass is 16.5. The van der Waals surface area contributed by atoms with E-state index in [1.54, 1.807) is 12.1 Å². The maximum atomic E-state index is 12.0. The molecule has 0 unspecified atom stereocenters. The van der Waals surface area contributed by atoms with Crippen LogP contribution in [0.1, 0.15) is 12.8 Å². The number of nitrogens with zero attached hydrogens (tertiary/aromatic N) is 1. The van der Waals surface area contributed by atoms with E-state index in [1.165, 1.54) is 0 Å². The van der Waals surface area contributed by atoms with E-state index < -0.39 is 0 Å². The lowest BCUT2D eigenvalue weighted by Gasteiger charge is -2.19. The standard InChI is InChI=1S/C14H20N2O3/c15-12-3-1-4-13(11-12)19-9-5-14(17)16-6-2-8-18-10-7-16/h1,3-4,11H,2,5-10,15H2. The second-order valence-electron chi connectivity index (χ2n) is 4.52. The largest absolute Gasteiger partial charge is 0.493 e. The fourth-order valence-electron chi connectivity index (χ4n) is 2.01. The third-order valence-corrected chi connectivity index (χ3v) is 3.02. The van der Waals surface area contributed by atoms with E-state index in [9.17, 15) is 4.79 Å². The van der Waals surface area contributed by atoms with Crippen LogP contribution in [0.5, 0.6) is 5.75 Å². The molecule has 1 aromatic carbocycles. The van der Waals surface area contributed by atoms with E-state index in [0.717, 1.165) is 19.6 Å². The predicted molar refractivity (Wildman–Crippen MR) is 73.0 cm³/mol. The highest BCUT2D eigenvalue weighted by Gasteiger charge is 2.15. The van der Waals surface area contributed by atoms with Crippen LogP contribution in [0.3, 0.4) is 0 Å². The van der Waals surface area contributed by atoms with Crippen molar-refractivity contribution in [3.05, 3.63) is 24.3 Å². The summed E-state index contributed by atoms with van der Waals surface area (Å²) in [6.07, 6.45) is 1.29. The Bertz CT molecular complexity index is 415. The Morgan fingerprint density at radius 2 is 2.26 bits per heavy atom. The first kappa shape index (κ1) is 13.7. The summed E-state index contributed by atoms with van der Waals surface area (Å²) in [7, 11) is 0. The van der Waals surface area contributed by atoms with Crippen molar-refractivity contribution in [3.63, 3.8) is 0 Å². The van der Waals surface area contributed by atoms with Crippen molar-refractivity contribution in [1.82, 2.24) is 4.90 Å². The monoisotopic (exact) mass is 264 g/mol. The predicted octanol–water partition coefficient (Wildman–Crippen LogP) is 1.29. The van der Waals surface area contributed by atoms with E-state index >= 15 is 0 Å². The highest BCUT2D eigenvalue weighted by molar-refractivity contribution is 5.76. The normalized spacial score (nSPS) is 15.9.